The number of nitrogens with zero attached hydrogens (tertiary/aromatic N) is 1. The van der Waals surface area contributed by atoms with E-state index in [9.17, 15) is 4.79 Å². The smallest absolute Gasteiger partial charge is 0.254 e. The number of carbonyl (C=O) groups excluding carboxylic acids is 1. The zero-order chi connectivity index (χ0) is 26.3. The van der Waals surface area contributed by atoms with Crippen molar-refractivity contribution >= 4 is 29.1 Å². The van der Waals surface area contributed by atoms with Crippen LogP contribution >= 0.6 is 23.2 Å². The van der Waals surface area contributed by atoms with Crippen LogP contribution in [0.4, 0.5) is 0 Å². The molecule has 0 radical (unpaired) electrons. The van der Waals surface area contributed by atoms with E-state index in [1.165, 1.54) is 0 Å². The van der Waals surface area contributed by atoms with E-state index in [4.69, 9.17) is 37.4 Å². The molecule has 0 aromatic heterocycles. The molecule has 0 atom stereocenters. The second-order valence-electron chi connectivity index (χ2n) is 8.10. The normalized spacial score (nSPS) is 10.3. The number of unbranched alkanes of at least 4 members (excludes halogenated alkanes) is 1. The van der Waals surface area contributed by atoms with Crippen molar-refractivity contribution < 1.29 is 19.0 Å². The molecule has 1 amide bonds. The van der Waals surface area contributed by atoms with Crippen molar-refractivity contribution in [3.63, 3.8) is 0 Å². The third kappa shape index (κ3) is 9.63. The minimum absolute atomic E-state index is 0.0590. The predicted molar refractivity (Wildman–Crippen MR) is 149 cm³/mol. The minimum atomic E-state index is -0.0590. The standard InChI is InChI=1S/C29H35Cl2NO4/c1-5-15-32(16-6-2)29(33)24-10-12-25(13-11-24)34-17-8-9-18-36-28-22(4)20-26(21-23(28)7-3)35-19-14-27(30)31/h5-6,10-14,20-21H,1-2,7-9,15-19H2,3-4H3. The number of carbonyl (C=O) groups is 1. The number of halogens is 2. The number of hydrogen-bond acceptors (Lipinski definition) is 4. The first-order valence-corrected chi connectivity index (χ1v) is 12.8. The molecule has 0 bridgehead atoms. The van der Waals surface area contributed by atoms with E-state index in [0.717, 1.165) is 47.6 Å². The van der Waals surface area contributed by atoms with Crippen LogP contribution in [0.25, 0.3) is 0 Å². The van der Waals surface area contributed by atoms with Crippen LogP contribution in [0.5, 0.6) is 17.2 Å². The maximum absolute atomic E-state index is 12.6. The molecule has 0 unspecified atom stereocenters. The van der Waals surface area contributed by atoms with Gasteiger partial charge >= 0.3 is 0 Å². The Labute approximate surface area is 224 Å². The first-order valence-electron chi connectivity index (χ1n) is 12.0. The topological polar surface area (TPSA) is 48.0 Å². The van der Waals surface area contributed by atoms with E-state index in [2.05, 4.69) is 20.1 Å². The maximum atomic E-state index is 12.6. The van der Waals surface area contributed by atoms with E-state index in [1.54, 1.807) is 35.3 Å². The summed E-state index contributed by atoms with van der Waals surface area (Å²) in [5.41, 5.74) is 2.73. The summed E-state index contributed by atoms with van der Waals surface area (Å²) in [6, 6.07) is 11.1. The lowest BCUT2D eigenvalue weighted by molar-refractivity contribution is 0.0791. The molecule has 194 valence electrons. The molecule has 2 rings (SSSR count). The monoisotopic (exact) mass is 531 g/mol. The Bertz CT molecular complexity index is 1020. The molecule has 2 aromatic carbocycles. The van der Waals surface area contributed by atoms with Crippen molar-refractivity contribution in [2.75, 3.05) is 32.9 Å². The summed E-state index contributed by atoms with van der Waals surface area (Å²) in [6.07, 6.45) is 7.55. The van der Waals surface area contributed by atoms with Gasteiger partial charge in [-0.3, -0.25) is 4.79 Å². The number of amides is 1. The van der Waals surface area contributed by atoms with Gasteiger partial charge in [-0.1, -0.05) is 42.3 Å². The zero-order valence-electron chi connectivity index (χ0n) is 21.1. The van der Waals surface area contributed by atoms with Gasteiger partial charge in [0.15, 0.2) is 0 Å². The zero-order valence-corrected chi connectivity index (χ0v) is 22.6. The average Bonchev–Trinajstić information content (AvgIpc) is 2.86. The van der Waals surface area contributed by atoms with Crippen LogP contribution in [0.3, 0.4) is 0 Å². The van der Waals surface area contributed by atoms with Gasteiger partial charge in [0.25, 0.3) is 5.91 Å². The minimum Gasteiger partial charge on any atom is -0.494 e. The van der Waals surface area contributed by atoms with Crippen molar-refractivity contribution in [1.82, 2.24) is 4.90 Å². The largest absolute Gasteiger partial charge is 0.494 e. The SMILES string of the molecule is C=CCN(CC=C)C(=O)c1ccc(OCCCCOc2c(C)cc(OCC=C(Cl)Cl)cc2CC)cc1. The molecule has 36 heavy (non-hydrogen) atoms. The molecule has 2 aromatic rings. The molecule has 0 fully saturated rings. The summed E-state index contributed by atoms with van der Waals surface area (Å²) < 4.78 is 17.8. The second-order valence-corrected chi connectivity index (χ2v) is 9.11. The van der Waals surface area contributed by atoms with Crippen molar-refractivity contribution in [2.24, 2.45) is 0 Å². The molecule has 0 saturated heterocycles. The highest BCUT2D eigenvalue weighted by molar-refractivity contribution is 6.55. The molecule has 7 heteroatoms. The van der Waals surface area contributed by atoms with Gasteiger partial charge in [0.2, 0.25) is 0 Å². The first-order chi connectivity index (χ1) is 17.4. The number of hydrogen-bond donors (Lipinski definition) is 0. The van der Waals surface area contributed by atoms with Gasteiger partial charge in [0.05, 0.1) is 13.2 Å². The fourth-order valence-electron chi connectivity index (χ4n) is 3.56. The van der Waals surface area contributed by atoms with Gasteiger partial charge in [0, 0.05) is 18.7 Å². The number of benzene rings is 2. The summed E-state index contributed by atoms with van der Waals surface area (Å²) in [5.74, 6) is 2.34. The molecule has 0 N–H and O–H groups in total. The fourth-order valence-corrected chi connectivity index (χ4v) is 3.69. The lowest BCUT2D eigenvalue weighted by Crippen LogP contribution is -2.31. The van der Waals surface area contributed by atoms with Gasteiger partial charge < -0.3 is 19.1 Å². The van der Waals surface area contributed by atoms with Crippen molar-refractivity contribution in [1.29, 1.82) is 0 Å². The van der Waals surface area contributed by atoms with Crippen LogP contribution in [0.15, 0.2) is 72.3 Å². The highest BCUT2D eigenvalue weighted by Crippen LogP contribution is 2.30. The molecule has 0 saturated carbocycles. The van der Waals surface area contributed by atoms with Crippen LogP contribution in [-0.4, -0.2) is 43.7 Å². The molecule has 0 aliphatic heterocycles. The number of aryl methyl sites for hydroxylation is 2. The third-order valence-electron chi connectivity index (χ3n) is 5.33. The van der Waals surface area contributed by atoms with Crippen LogP contribution < -0.4 is 14.2 Å². The summed E-state index contributed by atoms with van der Waals surface area (Å²) >= 11 is 11.3. The Kier molecular flexibility index (Phi) is 13.0. The number of ether oxygens (including phenoxy) is 3. The van der Waals surface area contributed by atoms with Gasteiger partial charge in [-0.2, -0.15) is 0 Å². The lowest BCUT2D eigenvalue weighted by Gasteiger charge is -2.19. The van der Waals surface area contributed by atoms with Crippen LogP contribution in [-0.2, 0) is 6.42 Å². The van der Waals surface area contributed by atoms with Gasteiger partial charge in [-0.05, 0) is 79.8 Å². The summed E-state index contributed by atoms with van der Waals surface area (Å²) in [7, 11) is 0. The highest BCUT2D eigenvalue weighted by atomic mass is 35.5. The Balaban J connectivity index is 1.79. The molecule has 0 aliphatic carbocycles. The Morgan fingerprint density at radius 2 is 1.58 bits per heavy atom. The Hall–Kier alpha value is -2.89. The number of rotatable bonds is 16. The van der Waals surface area contributed by atoms with Crippen LogP contribution in [0, 0.1) is 6.92 Å². The second kappa shape index (κ2) is 16.0. The van der Waals surface area contributed by atoms with E-state index in [1.807, 2.05) is 31.2 Å². The molecular formula is C29H35Cl2NO4. The van der Waals surface area contributed by atoms with Crippen LogP contribution in [0.1, 0.15) is 41.3 Å². The Morgan fingerprint density at radius 3 is 2.17 bits per heavy atom. The Morgan fingerprint density at radius 1 is 0.944 bits per heavy atom. The van der Waals surface area contributed by atoms with E-state index in [-0.39, 0.29) is 10.4 Å². The van der Waals surface area contributed by atoms with E-state index >= 15 is 0 Å². The molecule has 0 heterocycles. The third-order valence-corrected chi connectivity index (χ3v) is 5.64. The van der Waals surface area contributed by atoms with Gasteiger partial charge in [0.1, 0.15) is 28.3 Å². The van der Waals surface area contributed by atoms with Gasteiger partial charge in [-0.25, -0.2) is 0 Å². The van der Waals surface area contributed by atoms with Gasteiger partial charge in [-0.15, -0.1) is 13.2 Å². The summed E-state index contributed by atoms with van der Waals surface area (Å²) in [6.45, 7) is 13.9. The maximum Gasteiger partial charge on any atom is 0.254 e. The van der Waals surface area contributed by atoms with Crippen LogP contribution in [0.2, 0.25) is 0 Å². The quantitative estimate of drug-likeness (QED) is 0.168. The molecule has 0 spiro atoms. The fraction of sp³-hybridized carbons (Fsp3) is 0.345. The van der Waals surface area contributed by atoms with E-state index in [0.29, 0.717) is 38.5 Å². The highest BCUT2D eigenvalue weighted by Gasteiger charge is 2.13. The van der Waals surface area contributed by atoms with E-state index < -0.39 is 0 Å². The molecular weight excluding hydrogens is 497 g/mol. The lowest BCUT2D eigenvalue weighted by atomic mass is 10.1. The first kappa shape index (κ1) is 29.3. The molecule has 5 nitrogen and oxygen atoms in total. The average molecular weight is 533 g/mol. The van der Waals surface area contributed by atoms with Crippen molar-refractivity contribution in [2.45, 2.75) is 33.1 Å². The van der Waals surface area contributed by atoms with Crippen molar-refractivity contribution in [3.8, 4) is 17.2 Å². The molecule has 0 aliphatic rings. The summed E-state index contributed by atoms with van der Waals surface area (Å²) in [5, 5.41) is 0. The summed E-state index contributed by atoms with van der Waals surface area (Å²) in [4.78, 5) is 14.3. The van der Waals surface area contributed by atoms with Crippen molar-refractivity contribution in [3.05, 3.63) is 89.0 Å². The predicted octanol–water partition coefficient (Wildman–Crippen LogP) is 7.31.